The van der Waals surface area contributed by atoms with E-state index in [1.54, 1.807) is 18.2 Å². The van der Waals surface area contributed by atoms with Gasteiger partial charge in [0.25, 0.3) is 0 Å². The van der Waals surface area contributed by atoms with Crippen molar-refractivity contribution in [3.05, 3.63) is 45.8 Å². The van der Waals surface area contributed by atoms with Gasteiger partial charge in [-0.3, -0.25) is 9.59 Å². The van der Waals surface area contributed by atoms with Crippen molar-refractivity contribution < 1.29 is 9.21 Å². The number of thiol groups is 1. The van der Waals surface area contributed by atoms with E-state index in [2.05, 4.69) is 24.5 Å². The van der Waals surface area contributed by atoms with E-state index in [0.717, 1.165) is 6.26 Å². The van der Waals surface area contributed by atoms with Crippen LogP contribution in [0.25, 0.3) is 11.0 Å². The van der Waals surface area contributed by atoms with Crippen molar-refractivity contribution in [3.8, 4) is 11.8 Å². The number of aldehydes is 1. The Morgan fingerprint density at radius 3 is 2.94 bits per heavy atom. The molecule has 2 aromatic rings. The third kappa shape index (κ3) is 2.24. The summed E-state index contributed by atoms with van der Waals surface area (Å²) in [6.45, 7) is 0. The van der Waals surface area contributed by atoms with E-state index in [-0.39, 0.29) is 11.0 Å². The van der Waals surface area contributed by atoms with Crippen LogP contribution in [0.3, 0.4) is 0 Å². The van der Waals surface area contributed by atoms with Gasteiger partial charge in [-0.15, -0.1) is 0 Å². The van der Waals surface area contributed by atoms with Gasteiger partial charge < -0.3 is 4.42 Å². The van der Waals surface area contributed by atoms with Crippen LogP contribution in [0.5, 0.6) is 0 Å². The molecule has 0 aliphatic rings. The number of carbonyl (C=O) groups excluding carboxylic acids is 1. The molecule has 0 bridgehead atoms. The summed E-state index contributed by atoms with van der Waals surface area (Å²) >= 11 is 3.98. The quantitative estimate of drug-likeness (QED) is 0.473. The lowest BCUT2D eigenvalue weighted by atomic mass is 10.1. The van der Waals surface area contributed by atoms with Crippen molar-refractivity contribution in [2.45, 2.75) is 0 Å². The summed E-state index contributed by atoms with van der Waals surface area (Å²) in [6.07, 6.45) is 1.65. The molecule has 84 valence electrons. The Balaban J connectivity index is 2.70. The maximum absolute atomic E-state index is 11.8. The summed E-state index contributed by atoms with van der Waals surface area (Å²) in [4.78, 5) is 22.5. The van der Waals surface area contributed by atoms with E-state index in [0.29, 0.717) is 28.6 Å². The average molecular weight is 244 g/mol. The minimum Gasteiger partial charge on any atom is -0.463 e. The zero-order valence-corrected chi connectivity index (χ0v) is 9.66. The second-order valence-corrected chi connectivity index (χ2v) is 3.63. The van der Waals surface area contributed by atoms with Crippen LogP contribution in [0.1, 0.15) is 15.9 Å². The smallest absolute Gasteiger partial charge is 0.203 e. The molecule has 0 radical (unpaired) electrons. The molecule has 0 saturated heterocycles. The highest BCUT2D eigenvalue weighted by atomic mass is 32.1. The first-order valence-electron chi connectivity index (χ1n) is 4.86. The standard InChI is InChI=1S/C13H8O3S/c14-7-10-8-16-12-4-3-9(2-1-5-17)6-11(12)13(10)15/h3-4,6-8,17H,5H2. The number of hydrogen-bond acceptors (Lipinski definition) is 4. The molecule has 0 aliphatic heterocycles. The van der Waals surface area contributed by atoms with Crippen molar-refractivity contribution in [2.75, 3.05) is 5.75 Å². The van der Waals surface area contributed by atoms with Crippen molar-refractivity contribution >= 4 is 29.9 Å². The molecule has 0 unspecified atom stereocenters. The fourth-order valence-electron chi connectivity index (χ4n) is 1.45. The first-order chi connectivity index (χ1) is 8.26. The van der Waals surface area contributed by atoms with Crippen LogP contribution >= 0.6 is 12.6 Å². The summed E-state index contributed by atoms with van der Waals surface area (Å²) in [5, 5.41) is 0.362. The number of benzene rings is 1. The Labute approximate surface area is 103 Å². The molecule has 1 heterocycles. The van der Waals surface area contributed by atoms with E-state index in [1.807, 2.05) is 0 Å². The molecule has 0 aliphatic carbocycles. The summed E-state index contributed by atoms with van der Waals surface area (Å²) < 4.78 is 5.18. The highest BCUT2D eigenvalue weighted by molar-refractivity contribution is 7.80. The fourth-order valence-corrected chi connectivity index (χ4v) is 1.53. The zero-order valence-electron chi connectivity index (χ0n) is 8.77. The van der Waals surface area contributed by atoms with E-state index < -0.39 is 0 Å². The van der Waals surface area contributed by atoms with Gasteiger partial charge in [0.1, 0.15) is 11.8 Å². The molecule has 0 N–H and O–H groups in total. The molecule has 0 spiro atoms. The monoisotopic (exact) mass is 244 g/mol. The van der Waals surface area contributed by atoms with Crippen LogP contribution in [-0.2, 0) is 0 Å². The molecule has 0 fully saturated rings. The Hall–Kier alpha value is -1.99. The molecular formula is C13H8O3S. The second kappa shape index (κ2) is 4.89. The highest BCUT2D eigenvalue weighted by Crippen LogP contribution is 2.12. The van der Waals surface area contributed by atoms with Gasteiger partial charge in [-0.25, -0.2) is 0 Å². The van der Waals surface area contributed by atoms with E-state index in [1.165, 1.54) is 0 Å². The molecule has 2 rings (SSSR count). The Bertz CT molecular complexity index is 689. The summed E-state index contributed by atoms with van der Waals surface area (Å²) in [5.74, 6) is 6.09. The largest absolute Gasteiger partial charge is 0.463 e. The van der Waals surface area contributed by atoms with Crippen LogP contribution < -0.4 is 5.43 Å². The molecule has 1 aromatic carbocycles. The van der Waals surface area contributed by atoms with Gasteiger partial charge >= 0.3 is 0 Å². The SMILES string of the molecule is O=Cc1coc2ccc(C#CCS)cc2c1=O. The normalized spacial score (nSPS) is 9.71. The van der Waals surface area contributed by atoms with Crippen molar-refractivity contribution in [3.63, 3.8) is 0 Å². The summed E-state index contributed by atoms with van der Waals surface area (Å²) in [6, 6.07) is 5.03. The van der Waals surface area contributed by atoms with Crippen molar-refractivity contribution in [1.82, 2.24) is 0 Å². The minimum absolute atomic E-state index is 0.0109. The third-order valence-corrected chi connectivity index (χ3v) is 2.40. The van der Waals surface area contributed by atoms with Crippen LogP contribution in [0.4, 0.5) is 0 Å². The Kier molecular flexibility index (Phi) is 3.31. The van der Waals surface area contributed by atoms with Gasteiger partial charge in [-0.1, -0.05) is 11.8 Å². The predicted octanol–water partition coefficient (Wildman–Crippen LogP) is 1.89. The van der Waals surface area contributed by atoms with E-state index in [4.69, 9.17) is 4.42 Å². The van der Waals surface area contributed by atoms with Crippen molar-refractivity contribution in [1.29, 1.82) is 0 Å². The summed E-state index contributed by atoms with van der Waals surface area (Å²) in [5.41, 5.74) is 0.812. The first kappa shape index (κ1) is 11.5. The average Bonchev–Trinajstić information content (AvgIpc) is 2.37. The molecule has 0 amide bonds. The number of rotatable bonds is 1. The van der Waals surface area contributed by atoms with Gasteiger partial charge in [0.05, 0.1) is 16.7 Å². The maximum Gasteiger partial charge on any atom is 0.203 e. The lowest BCUT2D eigenvalue weighted by molar-refractivity contribution is 0.112. The lowest BCUT2D eigenvalue weighted by Crippen LogP contribution is -2.07. The minimum atomic E-state index is -0.337. The van der Waals surface area contributed by atoms with Gasteiger partial charge in [0.2, 0.25) is 5.43 Å². The molecular weight excluding hydrogens is 236 g/mol. The number of fused-ring (bicyclic) bond motifs is 1. The topological polar surface area (TPSA) is 47.3 Å². The van der Waals surface area contributed by atoms with Crippen LogP contribution in [0, 0.1) is 11.8 Å². The summed E-state index contributed by atoms with van der Waals surface area (Å²) in [7, 11) is 0. The van der Waals surface area contributed by atoms with Gasteiger partial charge in [0, 0.05) is 5.56 Å². The zero-order chi connectivity index (χ0) is 12.3. The third-order valence-electron chi connectivity index (χ3n) is 2.24. The maximum atomic E-state index is 11.8. The van der Waals surface area contributed by atoms with E-state index >= 15 is 0 Å². The van der Waals surface area contributed by atoms with Gasteiger partial charge in [-0.2, -0.15) is 12.6 Å². The molecule has 0 atom stereocenters. The van der Waals surface area contributed by atoms with Crippen LogP contribution in [0.2, 0.25) is 0 Å². The first-order valence-corrected chi connectivity index (χ1v) is 5.50. The number of hydrogen-bond donors (Lipinski definition) is 1. The van der Waals surface area contributed by atoms with E-state index in [9.17, 15) is 9.59 Å². The molecule has 17 heavy (non-hydrogen) atoms. The van der Waals surface area contributed by atoms with Crippen molar-refractivity contribution in [2.24, 2.45) is 0 Å². The van der Waals surface area contributed by atoms with Crippen LogP contribution in [-0.4, -0.2) is 12.0 Å². The predicted molar refractivity (Wildman–Crippen MR) is 68.6 cm³/mol. The Morgan fingerprint density at radius 1 is 1.41 bits per heavy atom. The molecule has 1 aromatic heterocycles. The van der Waals surface area contributed by atoms with Gasteiger partial charge in [0.15, 0.2) is 6.29 Å². The fraction of sp³-hybridized carbons (Fsp3) is 0.0769. The van der Waals surface area contributed by atoms with Gasteiger partial charge in [-0.05, 0) is 18.2 Å². The molecule has 3 nitrogen and oxygen atoms in total. The molecule has 0 saturated carbocycles. The van der Waals surface area contributed by atoms with Crippen LogP contribution in [0.15, 0.2) is 33.7 Å². The molecule has 4 heteroatoms. The second-order valence-electron chi connectivity index (χ2n) is 3.31. The Morgan fingerprint density at radius 2 is 2.24 bits per heavy atom. The lowest BCUT2D eigenvalue weighted by Gasteiger charge is -1.97. The number of carbonyl (C=O) groups is 1. The highest BCUT2D eigenvalue weighted by Gasteiger charge is 2.06.